The van der Waals surface area contributed by atoms with Gasteiger partial charge in [-0.05, 0) is 42.7 Å². The summed E-state index contributed by atoms with van der Waals surface area (Å²) in [6.45, 7) is 4.43. The summed E-state index contributed by atoms with van der Waals surface area (Å²) in [6, 6.07) is 12.1. The molecule has 0 aliphatic heterocycles. The fourth-order valence-electron chi connectivity index (χ4n) is 1.91. The Hall–Kier alpha value is -2.34. The number of nitriles is 1. The Bertz CT molecular complexity index is 623. The molecule has 0 radical (unpaired) electrons. The highest BCUT2D eigenvalue weighted by molar-refractivity contribution is 5.37. The van der Waals surface area contributed by atoms with Crippen LogP contribution in [0.1, 0.15) is 22.3 Å². The monoisotopic (exact) mass is 255 g/mol. The smallest absolute Gasteiger partial charge is 0.144 e. The molecule has 2 aromatic carbocycles. The molecular weight excluding hydrogens is 241 g/mol. The van der Waals surface area contributed by atoms with Gasteiger partial charge in [-0.1, -0.05) is 18.2 Å². The summed E-state index contributed by atoms with van der Waals surface area (Å²) >= 11 is 0. The molecule has 19 heavy (non-hydrogen) atoms. The molecule has 0 saturated heterocycles. The van der Waals surface area contributed by atoms with Crippen molar-refractivity contribution in [1.29, 1.82) is 5.26 Å². The Morgan fingerprint density at radius 2 is 1.84 bits per heavy atom. The molecule has 0 heterocycles. The average molecular weight is 255 g/mol. The number of nitrogens with zero attached hydrogens (tertiary/aromatic N) is 1. The molecule has 0 aliphatic carbocycles. The SMILES string of the molecule is Cc1cccc(C)c1COc1ccc(C#N)c(F)c1. The molecule has 96 valence electrons. The van der Waals surface area contributed by atoms with Gasteiger partial charge >= 0.3 is 0 Å². The highest BCUT2D eigenvalue weighted by Gasteiger charge is 2.06. The Morgan fingerprint density at radius 1 is 1.16 bits per heavy atom. The third kappa shape index (κ3) is 2.92. The third-order valence-corrected chi connectivity index (χ3v) is 3.09. The van der Waals surface area contributed by atoms with Crippen LogP contribution in [0.4, 0.5) is 4.39 Å². The van der Waals surface area contributed by atoms with Crippen LogP contribution in [0.25, 0.3) is 0 Å². The van der Waals surface area contributed by atoms with Gasteiger partial charge in [0.25, 0.3) is 0 Å². The Balaban J connectivity index is 2.15. The third-order valence-electron chi connectivity index (χ3n) is 3.09. The van der Waals surface area contributed by atoms with Crippen LogP contribution in [0.2, 0.25) is 0 Å². The first kappa shape index (κ1) is 13.1. The van der Waals surface area contributed by atoms with E-state index in [1.807, 2.05) is 32.0 Å². The van der Waals surface area contributed by atoms with E-state index in [0.29, 0.717) is 12.4 Å². The first-order valence-electron chi connectivity index (χ1n) is 5.99. The van der Waals surface area contributed by atoms with Gasteiger partial charge in [0, 0.05) is 6.07 Å². The largest absolute Gasteiger partial charge is 0.489 e. The maximum Gasteiger partial charge on any atom is 0.144 e. The van der Waals surface area contributed by atoms with E-state index >= 15 is 0 Å². The lowest BCUT2D eigenvalue weighted by Gasteiger charge is -2.11. The van der Waals surface area contributed by atoms with Crippen LogP contribution < -0.4 is 4.74 Å². The molecule has 3 heteroatoms. The highest BCUT2D eigenvalue weighted by atomic mass is 19.1. The zero-order chi connectivity index (χ0) is 13.8. The van der Waals surface area contributed by atoms with Crippen LogP contribution in [0, 0.1) is 31.0 Å². The number of rotatable bonds is 3. The normalized spacial score (nSPS) is 10.0. The van der Waals surface area contributed by atoms with E-state index in [9.17, 15) is 4.39 Å². The van der Waals surface area contributed by atoms with Crippen molar-refractivity contribution in [3.63, 3.8) is 0 Å². The lowest BCUT2D eigenvalue weighted by molar-refractivity contribution is 0.303. The molecule has 0 atom stereocenters. The van der Waals surface area contributed by atoms with Crippen molar-refractivity contribution in [2.45, 2.75) is 20.5 Å². The molecule has 0 unspecified atom stereocenters. The highest BCUT2D eigenvalue weighted by Crippen LogP contribution is 2.20. The van der Waals surface area contributed by atoms with Gasteiger partial charge in [0.05, 0.1) is 5.56 Å². The fourth-order valence-corrected chi connectivity index (χ4v) is 1.91. The zero-order valence-corrected chi connectivity index (χ0v) is 10.9. The average Bonchev–Trinajstić information content (AvgIpc) is 2.38. The number of ether oxygens (including phenoxy) is 1. The van der Waals surface area contributed by atoms with Crippen LogP contribution in [0.3, 0.4) is 0 Å². The topological polar surface area (TPSA) is 33.0 Å². The minimum atomic E-state index is -0.554. The molecule has 0 aromatic heterocycles. The van der Waals surface area contributed by atoms with E-state index in [0.717, 1.165) is 16.7 Å². The van der Waals surface area contributed by atoms with E-state index in [4.69, 9.17) is 10.00 Å². The zero-order valence-electron chi connectivity index (χ0n) is 10.9. The van der Waals surface area contributed by atoms with Crippen molar-refractivity contribution in [3.8, 4) is 11.8 Å². The van der Waals surface area contributed by atoms with E-state index in [2.05, 4.69) is 0 Å². The Morgan fingerprint density at radius 3 is 2.42 bits per heavy atom. The first-order chi connectivity index (χ1) is 9.11. The number of aryl methyl sites for hydroxylation is 2. The van der Waals surface area contributed by atoms with Gasteiger partial charge < -0.3 is 4.74 Å². The Kier molecular flexibility index (Phi) is 3.82. The second-order valence-electron chi connectivity index (χ2n) is 4.41. The second-order valence-corrected chi connectivity index (χ2v) is 4.41. The van der Waals surface area contributed by atoms with Gasteiger partial charge in [-0.3, -0.25) is 0 Å². The summed E-state index contributed by atoms with van der Waals surface area (Å²) in [5.74, 6) is -0.124. The van der Waals surface area contributed by atoms with Crippen molar-refractivity contribution in [1.82, 2.24) is 0 Å². The predicted molar refractivity (Wildman–Crippen MR) is 71.4 cm³/mol. The number of hydrogen-bond donors (Lipinski definition) is 0. The standard InChI is InChI=1S/C16H14FNO/c1-11-4-3-5-12(2)15(11)10-19-14-7-6-13(9-18)16(17)8-14/h3-8H,10H2,1-2H3. The molecule has 0 N–H and O–H groups in total. The van der Waals surface area contributed by atoms with Gasteiger partial charge in [-0.15, -0.1) is 0 Å². The summed E-state index contributed by atoms with van der Waals surface area (Å²) in [6.07, 6.45) is 0. The molecule has 0 spiro atoms. The number of benzene rings is 2. The molecule has 0 fully saturated rings. The number of hydrogen-bond acceptors (Lipinski definition) is 2. The molecule has 0 saturated carbocycles. The van der Waals surface area contributed by atoms with Crippen LogP contribution >= 0.6 is 0 Å². The van der Waals surface area contributed by atoms with Crippen molar-refractivity contribution in [3.05, 3.63) is 64.5 Å². The first-order valence-corrected chi connectivity index (χ1v) is 5.99. The Labute approximate surface area is 112 Å². The van der Waals surface area contributed by atoms with E-state index in [1.54, 1.807) is 12.1 Å². The lowest BCUT2D eigenvalue weighted by Crippen LogP contribution is -2.01. The summed E-state index contributed by atoms with van der Waals surface area (Å²) in [7, 11) is 0. The van der Waals surface area contributed by atoms with Crippen LogP contribution in [-0.4, -0.2) is 0 Å². The number of halogens is 1. The molecule has 2 rings (SSSR count). The molecule has 2 aromatic rings. The quantitative estimate of drug-likeness (QED) is 0.833. The molecule has 0 bridgehead atoms. The summed E-state index contributed by atoms with van der Waals surface area (Å²) in [5, 5.41) is 8.66. The van der Waals surface area contributed by atoms with Gasteiger partial charge in [0.1, 0.15) is 24.2 Å². The second kappa shape index (κ2) is 5.53. The van der Waals surface area contributed by atoms with Crippen molar-refractivity contribution >= 4 is 0 Å². The molecule has 0 aliphatic rings. The minimum Gasteiger partial charge on any atom is -0.489 e. The van der Waals surface area contributed by atoms with Gasteiger partial charge in [0.2, 0.25) is 0 Å². The van der Waals surface area contributed by atoms with Gasteiger partial charge in [-0.25, -0.2) is 4.39 Å². The van der Waals surface area contributed by atoms with Gasteiger partial charge in [0.15, 0.2) is 0 Å². The van der Waals surface area contributed by atoms with Crippen LogP contribution in [0.15, 0.2) is 36.4 Å². The van der Waals surface area contributed by atoms with Crippen molar-refractivity contribution in [2.75, 3.05) is 0 Å². The van der Waals surface area contributed by atoms with Crippen LogP contribution in [-0.2, 0) is 6.61 Å². The predicted octanol–water partition coefficient (Wildman–Crippen LogP) is 3.89. The summed E-state index contributed by atoms with van der Waals surface area (Å²) in [4.78, 5) is 0. The molecule has 0 amide bonds. The lowest BCUT2D eigenvalue weighted by atomic mass is 10.0. The van der Waals surface area contributed by atoms with E-state index in [-0.39, 0.29) is 5.56 Å². The summed E-state index contributed by atoms with van der Waals surface area (Å²) in [5.41, 5.74) is 3.43. The summed E-state index contributed by atoms with van der Waals surface area (Å²) < 4.78 is 19.0. The van der Waals surface area contributed by atoms with Crippen molar-refractivity contribution < 1.29 is 9.13 Å². The molecular formula is C16H14FNO. The maximum atomic E-state index is 13.4. The van der Waals surface area contributed by atoms with Crippen molar-refractivity contribution in [2.24, 2.45) is 0 Å². The van der Waals surface area contributed by atoms with Crippen LogP contribution in [0.5, 0.6) is 5.75 Å². The fraction of sp³-hybridized carbons (Fsp3) is 0.188. The van der Waals surface area contributed by atoms with Gasteiger partial charge in [-0.2, -0.15) is 5.26 Å². The minimum absolute atomic E-state index is 0.0272. The molecule has 2 nitrogen and oxygen atoms in total. The van der Waals surface area contributed by atoms with E-state index in [1.165, 1.54) is 12.1 Å². The van der Waals surface area contributed by atoms with E-state index < -0.39 is 5.82 Å². The maximum absolute atomic E-state index is 13.4.